The molecule has 28 heavy (non-hydrogen) atoms. The number of aromatic nitrogens is 3. The van der Waals surface area contributed by atoms with Crippen molar-refractivity contribution in [3.8, 4) is 0 Å². The van der Waals surface area contributed by atoms with Gasteiger partial charge in [0.25, 0.3) is 5.56 Å². The van der Waals surface area contributed by atoms with E-state index in [1.165, 1.54) is 5.56 Å². The summed E-state index contributed by atoms with van der Waals surface area (Å²) in [6.45, 7) is 12.7. The standard InChI is InChI=1S/C21H27N5O2/c1-14(2)26-13-22-20-11-17(5-6-18(20)21(26)27)25-9-7-24(8-10-25)12-19-15(3)23-28-16(19)4/h5-6,11,13-14H,7-10,12H2,1-4H3. The van der Waals surface area contributed by atoms with Crippen molar-refractivity contribution >= 4 is 16.6 Å². The Kier molecular flexibility index (Phi) is 4.93. The average Bonchev–Trinajstić information content (AvgIpc) is 3.00. The summed E-state index contributed by atoms with van der Waals surface area (Å²) in [6.07, 6.45) is 1.65. The van der Waals surface area contributed by atoms with E-state index in [0.29, 0.717) is 5.39 Å². The first kappa shape index (κ1) is 18.7. The van der Waals surface area contributed by atoms with Gasteiger partial charge >= 0.3 is 0 Å². The first-order valence-corrected chi connectivity index (χ1v) is 9.84. The number of hydrogen-bond acceptors (Lipinski definition) is 6. The molecule has 0 N–H and O–H groups in total. The van der Waals surface area contributed by atoms with Crippen molar-refractivity contribution in [3.63, 3.8) is 0 Å². The monoisotopic (exact) mass is 381 g/mol. The van der Waals surface area contributed by atoms with Crippen LogP contribution < -0.4 is 10.5 Å². The fourth-order valence-electron chi connectivity index (χ4n) is 3.80. The molecule has 0 atom stereocenters. The van der Waals surface area contributed by atoms with Crippen molar-refractivity contribution in [2.75, 3.05) is 31.1 Å². The van der Waals surface area contributed by atoms with Gasteiger partial charge in [0, 0.05) is 50.0 Å². The minimum atomic E-state index is 0.0239. The van der Waals surface area contributed by atoms with Gasteiger partial charge in [0.2, 0.25) is 0 Å². The minimum absolute atomic E-state index is 0.0239. The number of piperazine rings is 1. The second-order valence-electron chi connectivity index (χ2n) is 7.82. The second kappa shape index (κ2) is 7.39. The van der Waals surface area contributed by atoms with Crippen LogP contribution in [-0.2, 0) is 6.54 Å². The van der Waals surface area contributed by atoms with Gasteiger partial charge in [0.05, 0.1) is 22.9 Å². The summed E-state index contributed by atoms with van der Waals surface area (Å²) in [5, 5.41) is 4.73. The molecule has 0 spiro atoms. The largest absolute Gasteiger partial charge is 0.369 e. The zero-order valence-electron chi connectivity index (χ0n) is 17.0. The van der Waals surface area contributed by atoms with E-state index in [1.54, 1.807) is 10.9 Å². The van der Waals surface area contributed by atoms with Crippen LogP contribution in [0.15, 0.2) is 33.8 Å². The van der Waals surface area contributed by atoms with Crippen molar-refractivity contribution in [1.29, 1.82) is 0 Å². The van der Waals surface area contributed by atoms with E-state index in [9.17, 15) is 4.79 Å². The number of aryl methyl sites for hydroxylation is 2. The molecule has 7 heteroatoms. The van der Waals surface area contributed by atoms with E-state index < -0.39 is 0 Å². The lowest BCUT2D eigenvalue weighted by atomic mass is 10.1. The molecule has 4 rings (SSSR count). The Morgan fingerprint density at radius 1 is 1.14 bits per heavy atom. The minimum Gasteiger partial charge on any atom is -0.369 e. The molecule has 0 radical (unpaired) electrons. The van der Waals surface area contributed by atoms with Crippen molar-refractivity contribution in [1.82, 2.24) is 19.6 Å². The Morgan fingerprint density at radius 2 is 1.89 bits per heavy atom. The highest BCUT2D eigenvalue weighted by Gasteiger charge is 2.20. The van der Waals surface area contributed by atoms with Gasteiger partial charge in [-0.05, 0) is 45.9 Å². The van der Waals surface area contributed by atoms with Crippen LogP contribution in [0.4, 0.5) is 5.69 Å². The first-order chi connectivity index (χ1) is 13.4. The van der Waals surface area contributed by atoms with E-state index in [0.717, 1.165) is 55.4 Å². The SMILES string of the molecule is Cc1noc(C)c1CN1CCN(c2ccc3c(=O)n(C(C)C)cnc3c2)CC1. The van der Waals surface area contributed by atoms with Gasteiger partial charge < -0.3 is 9.42 Å². The predicted octanol–water partition coefficient (Wildman–Crippen LogP) is 2.90. The molecule has 3 aromatic rings. The molecule has 3 heterocycles. The van der Waals surface area contributed by atoms with Crippen molar-refractivity contribution in [2.45, 2.75) is 40.3 Å². The predicted molar refractivity (Wildman–Crippen MR) is 110 cm³/mol. The third kappa shape index (κ3) is 3.42. The van der Waals surface area contributed by atoms with Gasteiger partial charge in [-0.2, -0.15) is 0 Å². The molecule has 1 aromatic carbocycles. The number of fused-ring (bicyclic) bond motifs is 1. The molecule has 2 aromatic heterocycles. The van der Waals surface area contributed by atoms with E-state index in [-0.39, 0.29) is 11.6 Å². The highest BCUT2D eigenvalue weighted by molar-refractivity contribution is 5.81. The number of hydrogen-bond donors (Lipinski definition) is 0. The van der Waals surface area contributed by atoms with Crippen LogP contribution in [0.1, 0.15) is 36.9 Å². The summed E-state index contributed by atoms with van der Waals surface area (Å²) >= 11 is 0. The molecule has 1 fully saturated rings. The molecule has 0 unspecified atom stereocenters. The topological polar surface area (TPSA) is 67.4 Å². The van der Waals surface area contributed by atoms with E-state index in [2.05, 4.69) is 19.9 Å². The summed E-state index contributed by atoms with van der Waals surface area (Å²) in [7, 11) is 0. The van der Waals surface area contributed by atoms with Gasteiger partial charge in [0.1, 0.15) is 5.76 Å². The molecule has 1 aliphatic rings. The molecule has 0 aliphatic carbocycles. The molecular formula is C21H27N5O2. The van der Waals surface area contributed by atoms with Crippen molar-refractivity contribution in [3.05, 3.63) is 51.9 Å². The van der Waals surface area contributed by atoms with Crippen LogP contribution in [-0.4, -0.2) is 45.8 Å². The highest BCUT2D eigenvalue weighted by Crippen LogP contribution is 2.22. The Labute approximate surface area is 164 Å². The number of benzene rings is 1. The lowest BCUT2D eigenvalue weighted by molar-refractivity contribution is 0.248. The molecule has 0 bridgehead atoms. The Morgan fingerprint density at radius 3 is 2.54 bits per heavy atom. The maximum absolute atomic E-state index is 12.6. The van der Waals surface area contributed by atoms with Gasteiger partial charge in [0.15, 0.2) is 0 Å². The Balaban J connectivity index is 1.48. The van der Waals surface area contributed by atoms with Crippen molar-refractivity contribution < 1.29 is 4.52 Å². The lowest BCUT2D eigenvalue weighted by Gasteiger charge is -2.36. The molecule has 0 saturated carbocycles. The highest BCUT2D eigenvalue weighted by atomic mass is 16.5. The number of anilines is 1. The lowest BCUT2D eigenvalue weighted by Crippen LogP contribution is -2.46. The molecule has 148 valence electrons. The smallest absolute Gasteiger partial charge is 0.261 e. The fraction of sp³-hybridized carbons (Fsp3) is 0.476. The van der Waals surface area contributed by atoms with E-state index in [1.807, 2.05) is 45.9 Å². The average molecular weight is 381 g/mol. The first-order valence-electron chi connectivity index (χ1n) is 9.84. The van der Waals surface area contributed by atoms with Crippen LogP contribution in [0.3, 0.4) is 0 Å². The van der Waals surface area contributed by atoms with E-state index >= 15 is 0 Å². The molecular weight excluding hydrogens is 354 g/mol. The quantitative estimate of drug-likeness (QED) is 0.692. The molecule has 1 saturated heterocycles. The normalized spacial score (nSPS) is 15.7. The van der Waals surface area contributed by atoms with Crippen LogP contribution in [0.2, 0.25) is 0 Å². The molecule has 0 amide bonds. The summed E-state index contributed by atoms with van der Waals surface area (Å²) in [6, 6.07) is 6.09. The summed E-state index contributed by atoms with van der Waals surface area (Å²) in [4.78, 5) is 21.9. The number of rotatable bonds is 4. The van der Waals surface area contributed by atoms with Gasteiger partial charge in [-0.1, -0.05) is 5.16 Å². The summed E-state index contributed by atoms with van der Waals surface area (Å²) in [5.41, 5.74) is 4.09. The Hall–Kier alpha value is -2.67. The molecule has 7 nitrogen and oxygen atoms in total. The fourth-order valence-corrected chi connectivity index (χ4v) is 3.80. The van der Waals surface area contributed by atoms with Crippen LogP contribution in [0.25, 0.3) is 10.9 Å². The maximum atomic E-state index is 12.6. The van der Waals surface area contributed by atoms with Crippen LogP contribution in [0.5, 0.6) is 0 Å². The molecule has 1 aliphatic heterocycles. The maximum Gasteiger partial charge on any atom is 0.261 e. The van der Waals surface area contributed by atoms with Crippen molar-refractivity contribution in [2.24, 2.45) is 0 Å². The van der Waals surface area contributed by atoms with E-state index in [4.69, 9.17) is 4.52 Å². The zero-order valence-corrected chi connectivity index (χ0v) is 17.0. The number of nitrogens with zero attached hydrogens (tertiary/aromatic N) is 5. The summed E-state index contributed by atoms with van der Waals surface area (Å²) < 4.78 is 6.96. The summed E-state index contributed by atoms with van der Waals surface area (Å²) in [5.74, 6) is 0.910. The van der Waals surface area contributed by atoms with Gasteiger partial charge in [-0.15, -0.1) is 0 Å². The third-order valence-electron chi connectivity index (χ3n) is 5.62. The third-order valence-corrected chi connectivity index (χ3v) is 5.62. The second-order valence-corrected chi connectivity index (χ2v) is 7.82. The Bertz CT molecular complexity index is 1030. The van der Waals surface area contributed by atoms with Gasteiger partial charge in [-0.25, -0.2) is 4.98 Å². The van der Waals surface area contributed by atoms with Gasteiger partial charge in [-0.3, -0.25) is 14.3 Å². The van der Waals surface area contributed by atoms with Crippen LogP contribution >= 0.6 is 0 Å². The zero-order chi connectivity index (χ0) is 19.8. The van der Waals surface area contributed by atoms with Crippen LogP contribution in [0, 0.1) is 13.8 Å².